The van der Waals surface area contributed by atoms with Crippen LogP contribution in [0.5, 0.6) is 0 Å². The van der Waals surface area contributed by atoms with Crippen LogP contribution in [0.4, 0.5) is 15.4 Å². The zero-order valence-corrected chi connectivity index (χ0v) is 26.1. The zero-order chi connectivity index (χ0) is 30.6. The molecule has 1 saturated heterocycles. The van der Waals surface area contributed by atoms with Gasteiger partial charge in [-0.15, -0.1) is 5.10 Å². The van der Waals surface area contributed by atoms with Crippen LogP contribution in [0.1, 0.15) is 72.4 Å². The van der Waals surface area contributed by atoms with Crippen molar-refractivity contribution in [2.24, 2.45) is 0 Å². The van der Waals surface area contributed by atoms with E-state index in [4.69, 9.17) is 14.6 Å². The van der Waals surface area contributed by atoms with Crippen molar-refractivity contribution < 1.29 is 19.1 Å². The van der Waals surface area contributed by atoms with Crippen LogP contribution in [0.3, 0.4) is 0 Å². The van der Waals surface area contributed by atoms with Crippen LogP contribution in [0.2, 0.25) is 0 Å². The van der Waals surface area contributed by atoms with Gasteiger partial charge in [0.25, 0.3) is 0 Å². The number of anilines is 1. The normalized spacial score (nSPS) is 14.7. The van der Waals surface area contributed by atoms with E-state index in [1.807, 2.05) is 60.7 Å². The van der Waals surface area contributed by atoms with E-state index in [0.717, 1.165) is 33.3 Å². The minimum absolute atomic E-state index is 0.192. The van der Waals surface area contributed by atoms with Crippen LogP contribution in [0.25, 0.3) is 27.7 Å². The Hall–Kier alpha value is -4.15. The van der Waals surface area contributed by atoms with Gasteiger partial charge in [0, 0.05) is 43.3 Å². The largest absolute Gasteiger partial charge is 0.444 e. The third kappa shape index (κ3) is 5.91. The lowest BCUT2D eigenvalue weighted by Gasteiger charge is -2.35. The first-order valence-corrected chi connectivity index (χ1v) is 14.4. The number of ether oxygens (including phenoxy) is 2. The van der Waals surface area contributed by atoms with Crippen molar-refractivity contribution in [3.63, 3.8) is 0 Å². The Morgan fingerprint density at radius 3 is 2.17 bits per heavy atom. The Balaban J connectivity index is 1.60. The van der Waals surface area contributed by atoms with E-state index in [1.54, 1.807) is 15.7 Å². The summed E-state index contributed by atoms with van der Waals surface area (Å²) in [6.45, 7) is 19.5. The van der Waals surface area contributed by atoms with Gasteiger partial charge in [-0.2, -0.15) is 9.78 Å². The molecular weight excluding hydrogens is 534 g/mol. The van der Waals surface area contributed by atoms with Crippen LogP contribution in [0.15, 0.2) is 30.7 Å². The average Bonchev–Trinajstić information content (AvgIpc) is 3.51. The molecule has 0 atom stereocenters. The average molecular weight is 576 g/mol. The third-order valence-corrected chi connectivity index (χ3v) is 7.12. The molecule has 1 fully saturated rings. The summed E-state index contributed by atoms with van der Waals surface area (Å²) in [7, 11) is 0. The van der Waals surface area contributed by atoms with Gasteiger partial charge in [0.15, 0.2) is 11.5 Å². The van der Waals surface area contributed by atoms with Crippen LogP contribution >= 0.6 is 0 Å². The van der Waals surface area contributed by atoms with Gasteiger partial charge in [0.1, 0.15) is 17.5 Å². The number of aromatic nitrogens is 5. The summed E-state index contributed by atoms with van der Waals surface area (Å²) in [5, 5.41) is 10.0. The molecule has 4 heterocycles. The number of fused-ring (bicyclic) bond motifs is 2. The lowest BCUT2D eigenvalue weighted by Crippen LogP contribution is -2.50. The standard InChI is InChI=1S/C31H41N7O4/c1-19(2)22-15-24-25(16-23(22)21-14-20(3)26-32-18-33-37(26)17-21)38(29(40)42-31(7,8)9)34-27(24)35-10-12-36(13-11-35)28(39)41-30(4,5)6/h14-19H,10-13H2,1-9H3. The summed E-state index contributed by atoms with van der Waals surface area (Å²) in [6.07, 6.45) is 2.65. The summed E-state index contributed by atoms with van der Waals surface area (Å²) >= 11 is 0. The van der Waals surface area contributed by atoms with Crippen molar-refractivity contribution in [2.45, 2.75) is 79.4 Å². The Kier molecular flexibility index (Phi) is 7.40. The number of rotatable bonds is 3. The third-order valence-electron chi connectivity index (χ3n) is 7.12. The molecule has 0 aliphatic carbocycles. The highest BCUT2D eigenvalue weighted by molar-refractivity contribution is 5.99. The molecule has 11 heteroatoms. The van der Waals surface area contributed by atoms with Crippen molar-refractivity contribution >= 4 is 34.6 Å². The highest BCUT2D eigenvalue weighted by Crippen LogP contribution is 2.38. The Morgan fingerprint density at radius 2 is 1.55 bits per heavy atom. The minimum Gasteiger partial charge on any atom is -0.444 e. The number of amides is 1. The van der Waals surface area contributed by atoms with Crippen molar-refractivity contribution in [3.8, 4) is 11.1 Å². The predicted molar refractivity (Wildman–Crippen MR) is 162 cm³/mol. The molecule has 11 nitrogen and oxygen atoms in total. The first-order chi connectivity index (χ1) is 19.6. The Labute approximate surface area is 246 Å². The van der Waals surface area contributed by atoms with Crippen LogP contribution in [-0.4, -0.2) is 78.8 Å². The van der Waals surface area contributed by atoms with Gasteiger partial charge in [-0.25, -0.2) is 19.1 Å². The van der Waals surface area contributed by atoms with Crippen molar-refractivity contribution in [1.29, 1.82) is 0 Å². The summed E-state index contributed by atoms with van der Waals surface area (Å²) < 4.78 is 14.5. The smallest absolute Gasteiger partial charge is 0.435 e. The van der Waals surface area contributed by atoms with E-state index in [2.05, 4.69) is 41.0 Å². The van der Waals surface area contributed by atoms with Crippen molar-refractivity contribution in [2.75, 3.05) is 31.1 Å². The Morgan fingerprint density at radius 1 is 0.905 bits per heavy atom. The van der Waals surface area contributed by atoms with Gasteiger partial charge in [0.05, 0.1) is 5.52 Å². The van der Waals surface area contributed by atoms with Gasteiger partial charge in [0.2, 0.25) is 0 Å². The Bertz CT molecular complexity index is 1650. The number of piperazine rings is 1. The molecule has 4 aromatic rings. The molecular formula is C31H41N7O4. The van der Waals surface area contributed by atoms with Crippen LogP contribution < -0.4 is 4.90 Å². The molecule has 1 aliphatic rings. The number of hydrogen-bond acceptors (Lipinski definition) is 8. The van der Waals surface area contributed by atoms with Gasteiger partial charge in [-0.1, -0.05) is 13.8 Å². The van der Waals surface area contributed by atoms with E-state index in [0.29, 0.717) is 37.5 Å². The lowest BCUT2D eigenvalue weighted by atomic mass is 9.91. The van der Waals surface area contributed by atoms with Crippen LogP contribution in [-0.2, 0) is 9.47 Å². The second-order valence-electron chi connectivity index (χ2n) is 13.2. The molecule has 5 rings (SSSR count). The fourth-order valence-corrected chi connectivity index (χ4v) is 5.24. The van der Waals surface area contributed by atoms with E-state index >= 15 is 0 Å². The number of carbonyl (C=O) groups excluding carboxylic acids is 2. The quantitative estimate of drug-likeness (QED) is 0.292. The number of carbonyl (C=O) groups is 2. The molecule has 224 valence electrons. The molecule has 0 bridgehead atoms. The predicted octanol–water partition coefficient (Wildman–Crippen LogP) is 6.02. The second-order valence-corrected chi connectivity index (χ2v) is 13.2. The minimum atomic E-state index is -0.690. The number of nitrogens with zero attached hydrogens (tertiary/aromatic N) is 7. The van der Waals surface area contributed by atoms with Crippen molar-refractivity contribution in [3.05, 3.63) is 41.9 Å². The molecule has 3 aromatic heterocycles. The van der Waals surface area contributed by atoms with E-state index in [1.165, 1.54) is 4.68 Å². The number of benzene rings is 1. The molecule has 0 spiro atoms. The number of aryl methyl sites for hydroxylation is 1. The molecule has 1 amide bonds. The fraction of sp³-hybridized carbons (Fsp3) is 0.516. The van der Waals surface area contributed by atoms with E-state index in [-0.39, 0.29) is 12.0 Å². The molecule has 0 radical (unpaired) electrons. The van der Waals surface area contributed by atoms with Gasteiger partial charge >= 0.3 is 12.2 Å². The maximum absolute atomic E-state index is 13.5. The number of pyridine rings is 1. The van der Waals surface area contributed by atoms with E-state index in [9.17, 15) is 9.59 Å². The van der Waals surface area contributed by atoms with Gasteiger partial charge in [-0.3, -0.25) is 0 Å². The summed E-state index contributed by atoms with van der Waals surface area (Å²) in [6, 6.07) is 6.27. The molecule has 1 aromatic carbocycles. The lowest BCUT2D eigenvalue weighted by molar-refractivity contribution is 0.0240. The first kappa shape index (κ1) is 29.3. The fourth-order valence-electron chi connectivity index (χ4n) is 5.24. The number of hydrogen-bond donors (Lipinski definition) is 0. The summed E-state index contributed by atoms with van der Waals surface area (Å²) in [4.78, 5) is 34.3. The molecule has 0 unspecified atom stereocenters. The second kappa shape index (κ2) is 10.6. The van der Waals surface area contributed by atoms with E-state index < -0.39 is 17.3 Å². The topological polar surface area (TPSA) is 107 Å². The molecule has 1 aliphatic heterocycles. The van der Waals surface area contributed by atoms with Crippen LogP contribution in [0, 0.1) is 6.92 Å². The molecule has 0 saturated carbocycles. The molecule has 42 heavy (non-hydrogen) atoms. The highest BCUT2D eigenvalue weighted by atomic mass is 16.6. The van der Waals surface area contributed by atoms with Crippen molar-refractivity contribution in [1.82, 2.24) is 29.3 Å². The summed E-state index contributed by atoms with van der Waals surface area (Å²) in [5.74, 6) is 0.883. The maximum atomic E-state index is 13.5. The molecule has 0 N–H and O–H groups in total. The summed E-state index contributed by atoms with van der Waals surface area (Å²) in [5.41, 5.74) is 4.30. The monoisotopic (exact) mass is 575 g/mol. The zero-order valence-electron chi connectivity index (χ0n) is 26.1. The maximum Gasteiger partial charge on any atom is 0.435 e. The van der Waals surface area contributed by atoms with Gasteiger partial charge < -0.3 is 19.3 Å². The first-order valence-electron chi connectivity index (χ1n) is 14.4. The SMILES string of the molecule is Cc1cc(-c2cc3c(cc2C(C)C)c(N2CCN(C(=O)OC(C)(C)C)CC2)nn3C(=O)OC(C)(C)C)cn2ncnc12. The highest BCUT2D eigenvalue weighted by Gasteiger charge is 2.30. The van der Waals surface area contributed by atoms with Gasteiger partial charge in [-0.05, 0) is 89.3 Å².